The number of nitrogens with zero attached hydrogens (tertiary/aromatic N) is 1. The Morgan fingerprint density at radius 1 is 0.800 bits per heavy atom. The smallest absolute Gasteiger partial charge is 0.0757 e. The standard InChI is InChI=1S/C8H20N.H2O.H2/c1-5-9(6-2,7-3)8-4;;/h5-8H2,1-4H3;1H2;1H/q+1;;/p-1. The molecule has 0 aromatic carbocycles. The molecule has 0 fully saturated rings. The second-order valence-corrected chi connectivity index (χ2v) is 2.61. The van der Waals surface area contributed by atoms with Gasteiger partial charge in [0.05, 0.1) is 26.2 Å². The monoisotopic (exact) mass is 149 g/mol. The second-order valence-electron chi connectivity index (χ2n) is 2.61. The Balaban J connectivity index is -0.000000320. The van der Waals surface area contributed by atoms with Crippen LogP contribution in [0.1, 0.15) is 29.1 Å². The predicted octanol–water partition coefficient (Wildman–Crippen LogP) is 1.95. The van der Waals surface area contributed by atoms with Crippen LogP contribution in [-0.2, 0) is 0 Å². The Morgan fingerprint density at radius 3 is 1.00 bits per heavy atom. The molecule has 1 N–H and O–H groups in total. The van der Waals surface area contributed by atoms with Crippen molar-refractivity contribution >= 4 is 0 Å². The van der Waals surface area contributed by atoms with Gasteiger partial charge in [-0.3, -0.25) is 0 Å². The minimum Gasteiger partial charge on any atom is -0.870 e. The summed E-state index contributed by atoms with van der Waals surface area (Å²) in [6.45, 7) is 14.2. The molecule has 0 aromatic heterocycles. The minimum atomic E-state index is 0. The summed E-state index contributed by atoms with van der Waals surface area (Å²) in [6.07, 6.45) is 0. The van der Waals surface area contributed by atoms with Crippen LogP contribution >= 0.6 is 0 Å². The SMILES string of the molecule is CC[N+](CC)(CC)CC.[HH].[OH-]. The molecule has 0 aromatic rings. The molecule has 0 aliphatic heterocycles. The van der Waals surface area contributed by atoms with Gasteiger partial charge in [0, 0.05) is 1.43 Å². The molecule has 2 heteroatoms. The van der Waals surface area contributed by atoms with Gasteiger partial charge < -0.3 is 9.96 Å². The van der Waals surface area contributed by atoms with E-state index < -0.39 is 0 Å². The van der Waals surface area contributed by atoms with Crippen LogP contribution in [0, 0.1) is 0 Å². The lowest BCUT2D eigenvalue weighted by Gasteiger charge is -2.34. The summed E-state index contributed by atoms with van der Waals surface area (Å²) in [7, 11) is 0. The van der Waals surface area contributed by atoms with Crippen molar-refractivity contribution in [2.75, 3.05) is 26.2 Å². The van der Waals surface area contributed by atoms with Gasteiger partial charge in [-0.25, -0.2) is 0 Å². The van der Waals surface area contributed by atoms with Gasteiger partial charge in [-0.2, -0.15) is 0 Å². The normalized spacial score (nSPS) is 10.8. The molecule has 0 saturated heterocycles. The molecule has 0 atom stereocenters. The third kappa shape index (κ3) is 2.67. The molecule has 0 rings (SSSR count). The third-order valence-electron chi connectivity index (χ3n) is 2.68. The van der Waals surface area contributed by atoms with Gasteiger partial charge in [0.25, 0.3) is 0 Å². The van der Waals surface area contributed by atoms with Crippen molar-refractivity contribution in [1.29, 1.82) is 0 Å². The number of hydrogen-bond acceptors (Lipinski definition) is 1. The van der Waals surface area contributed by atoms with Crippen LogP contribution < -0.4 is 0 Å². The van der Waals surface area contributed by atoms with Crippen molar-refractivity contribution < 1.29 is 11.4 Å². The molecule has 0 radical (unpaired) electrons. The van der Waals surface area contributed by atoms with E-state index in [1.807, 2.05) is 0 Å². The fourth-order valence-corrected chi connectivity index (χ4v) is 1.34. The van der Waals surface area contributed by atoms with Crippen molar-refractivity contribution in [3.8, 4) is 0 Å². The average Bonchev–Trinajstić information content (AvgIpc) is 1.95. The first-order valence-electron chi connectivity index (χ1n) is 4.09. The van der Waals surface area contributed by atoms with E-state index in [4.69, 9.17) is 0 Å². The molecule has 0 spiro atoms. The van der Waals surface area contributed by atoms with E-state index in [-0.39, 0.29) is 6.90 Å². The predicted molar refractivity (Wildman–Crippen MR) is 46.5 cm³/mol. The summed E-state index contributed by atoms with van der Waals surface area (Å²) in [5.74, 6) is 0. The molecule has 66 valence electrons. The summed E-state index contributed by atoms with van der Waals surface area (Å²) in [4.78, 5) is 0. The number of rotatable bonds is 4. The van der Waals surface area contributed by atoms with Gasteiger partial charge in [-0.15, -0.1) is 0 Å². The zero-order valence-corrected chi connectivity index (χ0v) is 7.72. The highest BCUT2D eigenvalue weighted by Crippen LogP contribution is 2.03. The highest BCUT2D eigenvalue weighted by atomic mass is 16.0. The van der Waals surface area contributed by atoms with Crippen molar-refractivity contribution in [2.45, 2.75) is 27.7 Å². The van der Waals surface area contributed by atoms with E-state index in [1.54, 1.807) is 0 Å². The highest BCUT2D eigenvalue weighted by Gasteiger charge is 2.16. The van der Waals surface area contributed by atoms with E-state index >= 15 is 0 Å². The molecule has 10 heavy (non-hydrogen) atoms. The fourth-order valence-electron chi connectivity index (χ4n) is 1.34. The molecule has 0 bridgehead atoms. The van der Waals surface area contributed by atoms with Crippen LogP contribution in [0.3, 0.4) is 0 Å². The van der Waals surface area contributed by atoms with Gasteiger partial charge in [-0.1, -0.05) is 0 Å². The average molecular weight is 149 g/mol. The first-order valence-corrected chi connectivity index (χ1v) is 4.09. The van der Waals surface area contributed by atoms with Crippen LogP contribution in [0.4, 0.5) is 0 Å². The van der Waals surface area contributed by atoms with Crippen LogP contribution in [0.25, 0.3) is 0 Å². The van der Waals surface area contributed by atoms with Gasteiger partial charge in [0.2, 0.25) is 0 Å². The molecular formula is C8H23NO. The molecule has 0 aliphatic carbocycles. The quantitative estimate of drug-likeness (QED) is 0.562. The molecule has 2 nitrogen and oxygen atoms in total. The lowest BCUT2D eigenvalue weighted by atomic mass is 10.3. The Hall–Kier alpha value is -0.0800. The molecule has 0 heterocycles. The van der Waals surface area contributed by atoms with Crippen LogP contribution in [0.2, 0.25) is 0 Å². The first kappa shape index (κ1) is 12.6. The van der Waals surface area contributed by atoms with Gasteiger partial charge >= 0.3 is 0 Å². The maximum absolute atomic E-state index is 2.27. The van der Waals surface area contributed by atoms with Gasteiger partial charge in [0.15, 0.2) is 0 Å². The maximum Gasteiger partial charge on any atom is 0.0757 e. The van der Waals surface area contributed by atoms with Crippen molar-refractivity contribution in [3.63, 3.8) is 0 Å². The Morgan fingerprint density at radius 2 is 1.00 bits per heavy atom. The zero-order chi connectivity index (χ0) is 7.33. The fraction of sp³-hybridized carbons (Fsp3) is 1.00. The second kappa shape index (κ2) is 5.69. The zero-order valence-electron chi connectivity index (χ0n) is 7.72. The van der Waals surface area contributed by atoms with E-state index in [0.29, 0.717) is 0 Å². The summed E-state index contributed by atoms with van der Waals surface area (Å²) in [5.41, 5.74) is 0. The Kier molecular flexibility index (Phi) is 7.15. The molecule has 0 saturated carbocycles. The van der Waals surface area contributed by atoms with E-state index in [1.165, 1.54) is 30.7 Å². The largest absolute Gasteiger partial charge is 0.870 e. The maximum atomic E-state index is 2.27. The molecule has 0 amide bonds. The van der Waals surface area contributed by atoms with Gasteiger partial charge in [0.1, 0.15) is 0 Å². The van der Waals surface area contributed by atoms with Crippen LogP contribution in [0.15, 0.2) is 0 Å². The number of quaternary nitrogens is 1. The third-order valence-corrected chi connectivity index (χ3v) is 2.68. The summed E-state index contributed by atoms with van der Waals surface area (Å²) >= 11 is 0. The molecular weight excluding hydrogens is 126 g/mol. The van der Waals surface area contributed by atoms with E-state index in [9.17, 15) is 0 Å². The minimum absolute atomic E-state index is 0. The topological polar surface area (TPSA) is 30.0 Å². The molecule has 0 aliphatic rings. The van der Waals surface area contributed by atoms with Crippen molar-refractivity contribution in [3.05, 3.63) is 0 Å². The summed E-state index contributed by atoms with van der Waals surface area (Å²) < 4.78 is 1.28. The van der Waals surface area contributed by atoms with Crippen LogP contribution in [0.5, 0.6) is 0 Å². The number of hydrogen-bond donors (Lipinski definition) is 0. The van der Waals surface area contributed by atoms with E-state index in [0.717, 1.165) is 0 Å². The van der Waals surface area contributed by atoms with E-state index in [2.05, 4.69) is 27.7 Å². The Bertz CT molecular complexity index is 57.0. The van der Waals surface area contributed by atoms with Crippen molar-refractivity contribution in [1.82, 2.24) is 0 Å². The lowest BCUT2D eigenvalue weighted by Crippen LogP contribution is -2.47. The van der Waals surface area contributed by atoms with Crippen molar-refractivity contribution in [2.24, 2.45) is 0 Å². The van der Waals surface area contributed by atoms with Gasteiger partial charge in [-0.05, 0) is 27.7 Å². The summed E-state index contributed by atoms with van der Waals surface area (Å²) in [5, 5.41) is 0. The summed E-state index contributed by atoms with van der Waals surface area (Å²) in [6, 6.07) is 0. The highest BCUT2D eigenvalue weighted by molar-refractivity contribution is 4.31. The lowest BCUT2D eigenvalue weighted by molar-refractivity contribution is -0.921. The van der Waals surface area contributed by atoms with Crippen LogP contribution in [-0.4, -0.2) is 36.1 Å². The molecule has 0 unspecified atom stereocenters. The Labute approximate surface area is 66.2 Å². The first-order chi connectivity index (χ1) is 4.24.